The Morgan fingerprint density at radius 2 is 1.82 bits per heavy atom. The molecule has 0 N–H and O–H groups in total. The SMILES string of the molecule is C=CC=CCl.c1ccncc1. The fourth-order valence-electron chi connectivity index (χ4n) is 0.364. The van der Waals surface area contributed by atoms with E-state index in [1.165, 1.54) is 5.54 Å². The predicted octanol–water partition coefficient (Wildman–Crippen LogP) is 3.01. The lowest BCUT2D eigenvalue weighted by molar-refractivity contribution is 1.33. The molecular formula is C9H10ClN. The molecule has 1 rings (SSSR count). The lowest BCUT2D eigenvalue weighted by Crippen LogP contribution is -1.58. The molecule has 0 aliphatic rings. The lowest BCUT2D eigenvalue weighted by Gasteiger charge is -1.70. The number of aromatic nitrogens is 1. The van der Waals surface area contributed by atoms with Gasteiger partial charge in [-0.05, 0) is 12.1 Å². The van der Waals surface area contributed by atoms with Gasteiger partial charge in [-0.15, -0.1) is 0 Å². The molecule has 0 unspecified atom stereocenters. The summed E-state index contributed by atoms with van der Waals surface area (Å²) < 4.78 is 0. The molecule has 0 radical (unpaired) electrons. The minimum atomic E-state index is 1.41. The number of nitrogens with zero attached hydrogens (tertiary/aromatic N) is 1. The minimum absolute atomic E-state index is 1.41. The number of hydrogen-bond donors (Lipinski definition) is 0. The third-order valence-corrected chi connectivity index (χ3v) is 0.921. The first-order valence-corrected chi connectivity index (χ1v) is 3.58. The Labute approximate surface area is 72.0 Å². The number of allylic oxidation sites excluding steroid dienone is 2. The van der Waals surface area contributed by atoms with Gasteiger partial charge in [0.25, 0.3) is 0 Å². The Balaban J connectivity index is 0.000000187. The van der Waals surface area contributed by atoms with E-state index in [-0.39, 0.29) is 0 Å². The third-order valence-electron chi connectivity index (χ3n) is 0.775. The van der Waals surface area contributed by atoms with Gasteiger partial charge in [0.2, 0.25) is 0 Å². The largest absolute Gasteiger partial charge is 0.265 e. The highest BCUT2D eigenvalue weighted by Gasteiger charge is 1.58. The zero-order valence-electron chi connectivity index (χ0n) is 6.15. The molecule has 0 atom stereocenters. The summed E-state index contributed by atoms with van der Waals surface area (Å²) >= 11 is 5.05. The fourth-order valence-corrected chi connectivity index (χ4v) is 0.467. The van der Waals surface area contributed by atoms with Crippen LogP contribution in [0.2, 0.25) is 0 Å². The molecule has 2 heteroatoms. The van der Waals surface area contributed by atoms with Gasteiger partial charge in [-0.25, -0.2) is 0 Å². The predicted molar refractivity (Wildman–Crippen MR) is 49.4 cm³/mol. The second-order valence-electron chi connectivity index (χ2n) is 1.58. The van der Waals surface area contributed by atoms with Crippen LogP contribution in [0.4, 0.5) is 0 Å². The lowest BCUT2D eigenvalue weighted by atomic mass is 10.5. The highest BCUT2D eigenvalue weighted by atomic mass is 35.5. The van der Waals surface area contributed by atoms with E-state index in [9.17, 15) is 0 Å². The first-order chi connectivity index (χ1) is 5.41. The molecule has 0 amide bonds. The molecule has 1 nitrogen and oxygen atoms in total. The quantitative estimate of drug-likeness (QED) is 0.586. The van der Waals surface area contributed by atoms with Crippen molar-refractivity contribution < 1.29 is 0 Å². The van der Waals surface area contributed by atoms with Crippen LogP contribution in [-0.2, 0) is 0 Å². The van der Waals surface area contributed by atoms with Crippen LogP contribution in [0.25, 0.3) is 0 Å². The van der Waals surface area contributed by atoms with E-state index in [4.69, 9.17) is 11.6 Å². The highest BCUT2D eigenvalue weighted by Crippen LogP contribution is 1.74. The van der Waals surface area contributed by atoms with Crippen molar-refractivity contribution in [2.75, 3.05) is 0 Å². The molecule has 0 aliphatic carbocycles. The van der Waals surface area contributed by atoms with E-state index < -0.39 is 0 Å². The number of rotatable bonds is 1. The van der Waals surface area contributed by atoms with Crippen molar-refractivity contribution in [2.24, 2.45) is 0 Å². The molecule has 0 bridgehead atoms. The van der Waals surface area contributed by atoms with Crippen LogP contribution in [0.1, 0.15) is 0 Å². The molecule has 11 heavy (non-hydrogen) atoms. The summed E-state index contributed by atoms with van der Waals surface area (Å²) in [5.41, 5.74) is 1.41. The molecule has 1 aromatic rings. The van der Waals surface area contributed by atoms with Crippen LogP contribution < -0.4 is 0 Å². The smallest absolute Gasteiger partial charge is 0.0267 e. The second kappa shape index (κ2) is 8.92. The summed E-state index contributed by atoms with van der Waals surface area (Å²) in [6.45, 7) is 3.38. The van der Waals surface area contributed by atoms with Crippen molar-refractivity contribution in [3.8, 4) is 0 Å². The second-order valence-corrected chi connectivity index (χ2v) is 1.83. The summed E-state index contributed by atoms with van der Waals surface area (Å²) in [6.07, 6.45) is 6.77. The van der Waals surface area contributed by atoms with Gasteiger partial charge in [-0.2, -0.15) is 0 Å². The molecule has 0 saturated heterocycles. The maximum Gasteiger partial charge on any atom is 0.0267 e. The maximum absolute atomic E-state index is 5.05. The van der Waals surface area contributed by atoms with Crippen LogP contribution in [-0.4, -0.2) is 4.98 Å². The van der Waals surface area contributed by atoms with E-state index in [1.54, 1.807) is 24.5 Å². The van der Waals surface area contributed by atoms with Gasteiger partial charge in [-0.1, -0.05) is 36.4 Å². The van der Waals surface area contributed by atoms with Gasteiger partial charge >= 0.3 is 0 Å². The zero-order valence-corrected chi connectivity index (χ0v) is 6.91. The van der Waals surface area contributed by atoms with Crippen molar-refractivity contribution in [1.82, 2.24) is 4.98 Å². The molecule has 0 saturated carbocycles. The summed E-state index contributed by atoms with van der Waals surface area (Å²) in [6, 6.07) is 5.72. The van der Waals surface area contributed by atoms with Crippen molar-refractivity contribution in [3.05, 3.63) is 54.9 Å². The Bertz CT molecular complexity index is 167. The summed E-state index contributed by atoms with van der Waals surface area (Å²) in [7, 11) is 0. The summed E-state index contributed by atoms with van der Waals surface area (Å²) in [4.78, 5) is 3.78. The molecule has 1 aromatic heterocycles. The summed E-state index contributed by atoms with van der Waals surface area (Å²) in [5.74, 6) is 0. The van der Waals surface area contributed by atoms with Gasteiger partial charge < -0.3 is 0 Å². The number of halogens is 1. The minimum Gasteiger partial charge on any atom is -0.265 e. The van der Waals surface area contributed by atoms with Gasteiger partial charge in [0, 0.05) is 17.9 Å². The van der Waals surface area contributed by atoms with Crippen molar-refractivity contribution in [3.63, 3.8) is 0 Å². The van der Waals surface area contributed by atoms with E-state index in [2.05, 4.69) is 11.6 Å². The fraction of sp³-hybridized carbons (Fsp3) is 0. The number of pyridine rings is 1. The van der Waals surface area contributed by atoms with Crippen molar-refractivity contribution in [2.45, 2.75) is 0 Å². The first kappa shape index (κ1) is 9.92. The maximum atomic E-state index is 5.05. The van der Waals surface area contributed by atoms with Crippen LogP contribution in [0.15, 0.2) is 54.9 Å². The first-order valence-electron chi connectivity index (χ1n) is 3.14. The Kier molecular flexibility index (Phi) is 8.04. The average Bonchev–Trinajstić information content (AvgIpc) is 2.10. The topological polar surface area (TPSA) is 12.9 Å². The van der Waals surface area contributed by atoms with Crippen LogP contribution in [0.5, 0.6) is 0 Å². The Morgan fingerprint density at radius 3 is 1.91 bits per heavy atom. The van der Waals surface area contributed by atoms with Crippen LogP contribution >= 0.6 is 11.6 Å². The third kappa shape index (κ3) is 8.92. The average molecular weight is 168 g/mol. The number of hydrogen-bond acceptors (Lipinski definition) is 1. The van der Waals surface area contributed by atoms with Gasteiger partial charge in [-0.3, -0.25) is 4.98 Å². The van der Waals surface area contributed by atoms with E-state index in [1.807, 2.05) is 18.2 Å². The van der Waals surface area contributed by atoms with Gasteiger partial charge in [0.15, 0.2) is 0 Å². The standard InChI is InChI=1S/C5H5N.C4H5Cl/c1-2-4-6-5-3-1;1-2-3-4-5/h1-5H;2-4H,1H2. The zero-order chi connectivity index (χ0) is 8.36. The molecule has 0 spiro atoms. The van der Waals surface area contributed by atoms with Crippen LogP contribution in [0, 0.1) is 0 Å². The molecule has 58 valence electrons. The van der Waals surface area contributed by atoms with E-state index in [0.717, 1.165) is 0 Å². The van der Waals surface area contributed by atoms with Gasteiger partial charge in [0.05, 0.1) is 0 Å². The molecular weight excluding hydrogens is 158 g/mol. The van der Waals surface area contributed by atoms with E-state index in [0.29, 0.717) is 0 Å². The van der Waals surface area contributed by atoms with E-state index >= 15 is 0 Å². The van der Waals surface area contributed by atoms with Crippen molar-refractivity contribution >= 4 is 11.6 Å². The monoisotopic (exact) mass is 167 g/mol. The van der Waals surface area contributed by atoms with Crippen LogP contribution in [0.3, 0.4) is 0 Å². The molecule has 0 aromatic carbocycles. The molecule has 0 fully saturated rings. The highest BCUT2D eigenvalue weighted by molar-refractivity contribution is 6.25. The Hall–Kier alpha value is -1.08. The van der Waals surface area contributed by atoms with Crippen molar-refractivity contribution in [1.29, 1.82) is 0 Å². The summed E-state index contributed by atoms with van der Waals surface area (Å²) in [5, 5.41) is 0. The Morgan fingerprint density at radius 1 is 1.18 bits per heavy atom. The normalized spacial score (nSPS) is 8.45. The molecule has 1 heterocycles. The van der Waals surface area contributed by atoms with Gasteiger partial charge in [0.1, 0.15) is 0 Å². The molecule has 0 aliphatic heterocycles.